The Balaban J connectivity index is 0.000000136. The Morgan fingerprint density at radius 2 is 0.740 bits per heavy atom. The first-order valence-corrected chi connectivity index (χ1v) is 46.6. The number of fused-ring (bicyclic) bond motifs is 1. The molecule has 12 nitrogen and oxygen atoms in total. The van der Waals surface area contributed by atoms with Gasteiger partial charge in [-0.1, -0.05) is 352 Å². The molecule has 12 aromatic carbocycles. The van der Waals surface area contributed by atoms with Crippen molar-refractivity contribution < 1.29 is 4.79 Å². The highest BCUT2D eigenvalue weighted by Crippen LogP contribution is 2.39. The normalized spacial score (nSPS) is 13.0. The summed E-state index contributed by atoms with van der Waals surface area (Å²) in [6.45, 7) is 2.07. The van der Waals surface area contributed by atoms with Crippen LogP contribution in [0.3, 0.4) is 0 Å². The van der Waals surface area contributed by atoms with E-state index >= 15 is 0 Å². The van der Waals surface area contributed by atoms with E-state index in [1.165, 1.54) is 24.8 Å². The number of hydrogen-bond donors (Lipinski definition) is 6. The number of para-hydroxylation sites is 1. The molecule has 0 radical (unpaired) electrons. The summed E-state index contributed by atoms with van der Waals surface area (Å²) in [7, 11) is 0. The molecule has 1 aliphatic carbocycles. The average molecular weight is 2030 g/mol. The van der Waals surface area contributed by atoms with Crippen molar-refractivity contribution in [1.29, 1.82) is 0 Å². The molecule has 0 saturated heterocycles. The largest absolute Gasteiger partial charge is 0.402 e. The van der Waals surface area contributed by atoms with E-state index in [4.69, 9.17) is 127 Å². The maximum Gasteiger partial charge on any atom is 0.184 e. The number of ketones is 1. The summed E-state index contributed by atoms with van der Waals surface area (Å²) >= 11 is 69.2. The number of rotatable bonds is 23. The van der Waals surface area contributed by atoms with Gasteiger partial charge in [0.05, 0.1) is 91.0 Å². The molecule has 1 fully saturated rings. The van der Waals surface area contributed by atoms with Crippen LogP contribution < -0.4 is 32.3 Å². The van der Waals surface area contributed by atoms with Crippen molar-refractivity contribution in [2.75, 3.05) is 26.6 Å². The van der Waals surface area contributed by atoms with E-state index in [1.54, 1.807) is 66.2 Å². The van der Waals surface area contributed by atoms with Crippen LogP contribution in [0.1, 0.15) is 118 Å². The van der Waals surface area contributed by atoms with E-state index in [-0.39, 0.29) is 30.0 Å². The van der Waals surface area contributed by atoms with Crippen molar-refractivity contribution in [3.63, 3.8) is 0 Å². The minimum atomic E-state index is -0.536. The lowest BCUT2D eigenvalue weighted by molar-refractivity contribution is -0.115. The number of hydrogen-bond acceptors (Lipinski definition) is 13. The lowest BCUT2D eigenvalue weighted by Gasteiger charge is -2.23. The molecule has 4 aromatic heterocycles. The number of carbonyl (C=O) groups is 1. The number of allylic oxidation sites excluding steroid dienone is 1. The number of nitrogens with two attached hydrogens (primary N) is 1. The molecule has 1 saturated carbocycles. The second-order valence-corrected chi connectivity index (χ2v) is 36.4. The van der Waals surface area contributed by atoms with E-state index < -0.39 is 6.04 Å². The zero-order valence-electron chi connectivity index (χ0n) is 68.1. The number of aromatic nitrogens is 5. The summed E-state index contributed by atoms with van der Waals surface area (Å²) in [5.74, 6) is 0.249. The van der Waals surface area contributed by atoms with Gasteiger partial charge in [-0.15, -0.1) is 10.2 Å². The zero-order valence-corrected chi connectivity index (χ0v) is 79.6. The van der Waals surface area contributed by atoms with Crippen LogP contribution in [-0.4, -0.2) is 30.9 Å². The Morgan fingerprint density at radius 1 is 0.378 bits per heavy atom. The Kier molecular flexibility index (Phi) is 35.3. The third-order valence-corrected chi connectivity index (χ3v) is 26.2. The first kappa shape index (κ1) is 94.6. The van der Waals surface area contributed by atoms with Crippen molar-refractivity contribution >= 4 is 204 Å². The Bertz CT molecular complexity index is 6260. The van der Waals surface area contributed by atoms with Crippen LogP contribution in [0.2, 0.25) is 50.2 Å². The van der Waals surface area contributed by atoms with Crippen LogP contribution in [0.4, 0.5) is 28.4 Å². The highest BCUT2D eigenvalue weighted by molar-refractivity contribution is 9.10. The van der Waals surface area contributed by atoms with Gasteiger partial charge in [0.25, 0.3) is 0 Å². The molecule has 5 unspecified atom stereocenters. The van der Waals surface area contributed by atoms with Crippen molar-refractivity contribution in [2.24, 2.45) is 11.7 Å². The summed E-state index contributed by atoms with van der Waals surface area (Å²) in [6, 6.07) is 105. The van der Waals surface area contributed by atoms with Gasteiger partial charge in [0.15, 0.2) is 5.78 Å². The van der Waals surface area contributed by atoms with E-state index in [9.17, 15) is 4.79 Å². The second-order valence-electron chi connectivity index (χ2n) is 29.5. The predicted octanol–water partition coefficient (Wildman–Crippen LogP) is 32.6. The monoisotopic (exact) mass is 2020 g/mol. The summed E-state index contributed by atoms with van der Waals surface area (Å²) in [5, 5.41) is 34.2. The average Bonchev–Trinajstić information content (AvgIpc) is 1.74. The van der Waals surface area contributed by atoms with E-state index in [0.29, 0.717) is 61.8 Å². The summed E-state index contributed by atoms with van der Waals surface area (Å²) in [5.41, 5.74) is 22.6. The standard InChI is InChI=1S/C22H24Cl2N2O.C22H16Cl2N2.C21H15Cl2N3S.C19H15BrCl2N2.C18H13BrCl2N2/c23-18-12-11-17(13-19(18)24)26-22(16-9-5-2-6-10-16)21(27)14-20(25)15-7-3-1-4-8-15;23-18-12-11-17(14-19(18)24)25-22(16-7-2-1-3-8-16)21-13-10-15-6-4-5-9-20(15)26-21;22-17-12-11-16(13-18(17)23)24-19(14-7-3-1-4-8-14)21-26-25-20(27-21)15-9-5-2-6-10-15;1-12-2-4-13(5-3-12)19(18-9-6-14(20)11-23-18)24-15-7-8-16(21)17(22)10-15;19-13-6-9-17(22-11-13)18(12-4-2-1-3-5-12)23-14-7-8-15(20)16(21)10-14/h2,5-6,9-15,22,26H,1,3-4,7-8,25H2;1-14,22,25H;1-13,19,24H;2-11,19,24H,1H3;1-11,18,23H. The number of aryl methyl sites for hydroxylation is 1. The number of pyridine rings is 3. The van der Waals surface area contributed by atoms with Gasteiger partial charge in [0.1, 0.15) is 22.1 Å². The molecule has 16 aromatic rings. The van der Waals surface area contributed by atoms with Crippen LogP contribution in [0, 0.1) is 12.8 Å². The number of carbonyl (C=O) groups excluding carboxylic acids is 1. The van der Waals surface area contributed by atoms with Gasteiger partial charge in [-0.3, -0.25) is 19.7 Å². The fourth-order valence-corrected chi connectivity index (χ4v) is 16.8. The Hall–Kier alpha value is -10.0. The molecule has 25 heteroatoms. The smallest absolute Gasteiger partial charge is 0.184 e. The summed E-state index contributed by atoms with van der Waals surface area (Å²) in [6.07, 6.45) is 10.9. The van der Waals surface area contributed by atoms with Gasteiger partial charge in [0.2, 0.25) is 0 Å². The first-order chi connectivity index (χ1) is 61.6. The topological polar surface area (TPSA) is 168 Å². The van der Waals surface area contributed by atoms with Gasteiger partial charge in [-0.05, 0) is 213 Å². The second kappa shape index (κ2) is 47.3. The van der Waals surface area contributed by atoms with Crippen molar-refractivity contribution in [1.82, 2.24) is 25.1 Å². The van der Waals surface area contributed by atoms with E-state index in [2.05, 4.69) is 164 Å². The maximum atomic E-state index is 13.1. The molecular weight excluding hydrogens is 1940 g/mol. The first-order valence-electron chi connectivity index (χ1n) is 40.4. The molecular formula is C102H83Br2Cl10N11OS. The Morgan fingerprint density at radius 3 is 1.16 bits per heavy atom. The van der Waals surface area contributed by atoms with Gasteiger partial charge >= 0.3 is 0 Å². The fraction of sp³-hybridized carbons (Fsp3) is 0.118. The number of nitrogens with zero attached hydrogens (tertiary/aromatic N) is 5. The number of nitrogens with one attached hydrogen (secondary N) is 5. The SMILES string of the molecule is Cc1ccc(C(Nc2ccc(Cl)c(Cl)c2)c2ccc(Br)cn2)cc1.Clc1ccc(NC(c2ccccc2)c2ccc(Br)cn2)cc1Cl.Clc1ccc(NC(c2ccccc2)c2ccc3ccccc3n2)cc1Cl.Clc1ccc(NC(c2ccccc2)c2nnc(-c3ccccc3)s2)cc1Cl.NC(=CC(=O)C(Nc1ccc(Cl)c(Cl)c1)c1ccccc1)C1CCCCC1. The van der Waals surface area contributed by atoms with Crippen molar-refractivity contribution in [3.05, 3.63) is 466 Å². The molecule has 0 spiro atoms. The van der Waals surface area contributed by atoms with Gasteiger partial charge in [-0.25, -0.2) is 0 Å². The van der Waals surface area contributed by atoms with Crippen LogP contribution in [0.15, 0.2) is 361 Å². The van der Waals surface area contributed by atoms with E-state index in [1.807, 2.05) is 212 Å². The molecule has 0 aliphatic heterocycles. The molecule has 17 rings (SSSR count). The third-order valence-electron chi connectivity index (χ3n) is 20.5. The van der Waals surface area contributed by atoms with Crippen molar-refractivity contribution in [2.45, 2.75) is 69.2 Å². The molecule has 1 aliphatic rings. The third kappa shape index (κ3) is 27.5. The maximum absolute atomic E-state index is 13.1. The summed E-state index contributed by atoms with van der Waals surface area (Å²) in [4.78, 5) is 27.0. The molecule has 0 amide bonds. The lowest BCUT2D eigenvalue weighted by Crippen LogP contribution is -2.23. The molecule has 127 heavy (non-hydrogen) atoms. The highest BCUT2D eigenvalue weighted by atomic mass is 79.9. The minimum Gasteiger partial charge on any atom is -0.402 e. The molecule has 4 heterocycles. The van der Waals surface area contributed by atoms with Crippen LogP contribution in [0.25, 0.3) is 21.5 Å². The van der Waals surface area contributed by atoms with E-state index in [0.717, 1.165) is 122 Å². The molecule has 7 N–H and O–H groups in total. The lowest BCUT2D eigenvalue weighted by atomic mass is 9.86. The summed E-state index contributed by atoms with van der Waals surface area (Å²) < 4.78 is 1.89. The molecule has 642 valence electrons. The van der Waals surface area contributed by atoms with Gasteiger partial charge in [-0.2, -0.15) is 0 Å². The van der Waals surface area contributed by atoms with Gasteiger partial charge < -0.3 is 32.3 Å². The number of halogens is 12. The minimum absolute atomic E-state index is 0.0599. The van der Waals surface area contributed by atoms with Crippen LogP contribution >= 0.6 is 159 Å². The Labute approximate surface area is 810 Å². The predicted molar refractivity (Wildman–Crippen MR) is 542 cm³/mol. The number of anilines is 5. The highest BCUT2D eigenvalue weighted by Gasteiger charge is 2.26. The molecule has 5 atom stereocenters. The van der Waals surface area contributed by atoms with Crippen molar-refractivity contribution in [3.8, 4) is 10.6 Å². The zero-order chi connectivity index (χ0) is 89.1. The fourth-order valence-electron chi connectivity index (χ4n) is 13.9. The van der Waals surface area contributed by atoms with Gasteiger partial charge in [0, 0.05) is 72.5 Å². The van der Waals surface area contributed by atoms with Crippen LogP contribution in [-0.2, 0) is 4.79 Å². The molecule has 0 bridgehead atoms. The quantitative estimate of drug-likeness (QED) is 0.0336. The van der Waals surface area contributed by atoms with Crippen LogP contribution in [0.5, 0.6) is 0 Å². The number of benzene rings is 12.